The quantitative estimate of drug-likeness (QED) is 0.871. The summed E-state index contributed by atoms with van der Waals surface area (Å²) in [6.07, 6.45) is 1.22. The van der Waals surface area contributed by atoms with Crippen LogP contribution >= 0.6 is 11.6 Å². The predicted molar refractivity (Wildman–Crippen MR) is 77.4 cm³/mol. The van der Waals surface area contributed by atoms with E-state index in [1.54, 1.807) is 9.80 Å². The Morgan fingerprint density at radius 3 is 2.35 bits per heavy atom. The fourth-order valence-corrected chi connectivity index (χ4v) is 2.27. The largest absolute Gasteiger partial charge is 0.388 e. The zero-order valence-corrected chi connectivity index (χ0v) is 12.8. The van der Waals surface area contributed by atoms with Gasteiger partial charge in [0.1, 0.15) is 0 Å². The lowest BCUT2D eigenvalue weighted by Crippen LogP contribution is -2.46. The first kappa shape index (κ1) is 15.2. The van der Waals surface area contributed by atoms with Crippen molar-refractivity contribution in [2.24, 2.45) is 0 Å². The van der Waals surface area contributed by atoms with Crippen molar-refractivity contribution in [3.05, 3.63) is 5.28 Å². The van der Waals surface area contributed by atoms with Crippen LogP contribution in [0, 0.1) is 0 Å². The Hall–Kier alpha value is -1.18. The molecule has 1 aliphatic heterocycles. The summed E-state index contributed by atoms with van der Waals surface area (Å²) in [5, 5.41) is 10.7. The Balaban J connectivity index is 2.14. The second kappa shape index (κ2) is 6.07. The van der Waals surface area contributed by atoms with Gasteiger partial charge >= 0.3 is 0 Å². The van der Waals surface area contributed by atoms with Gasteiger partial charge in [-0.25, -0.2) is 0 Å². The Morgan fingerprint density at radius 2 is 1.75 bits per heavy atom. The highest BCUT2D eigenvalue weighted by molar-refractivity contribution is 6.28. The third-order valence-electron chi connectivity index (χ3n) is 3.28. The molecule has 1 fully saturated rings. The van der Waals surface area contributed by atoms with Crippen molar-refractivity contribution >= 4 is 23.5 Å². The number of anilines is 2. The number of aromatic nitrogens is 3. The molecule has 1 saturated heterocycles. The fourth-order valence-electron chi connectivity index (χ4n) is 2.12. The lowest BCUT2D eigenvalue weighted by atomic mass is 9.94. The van der Waals surface area contributed by atoms with Gasteiger partial charge in [-0.05, 0) is 11.6 Å². The molecule has 1 N–H and O–H groups in total. The number of hydrogen-bond donors (Lipinski definition) is 1. The van der Waals surface area contributed by atoms with Crippen molar-refractivity contribution < 1.29 is 9.84 Å². The Bertz CT molecular complexity index is 465. The zero-order chi connectivity index (χ0) is 14.8. The van der Waals surface area contributed by atoms with E-state index in [0.717, 1.165) is 0 Å². The van der Waals surface area contributed by atoms with E-state index >= 15 is 0 Å². The molecule has 0 unspecified atom stereocenters. The zero-order valence-electron chi connectivity index (χ0n) is 12.0. The molecule has 0 atom stereocenters. The average Bonchev–Trinajstić information content (AvgIpc) is 2.38. The number of ether oxygens (including phenoxy) is 1. The summed E-state index contributed by atoms with van der Waals surface area (Å²) in [6, 6.07) is 0. The standard InChI is InChI=1S/C12H20ClN5O2/c1-17(2)10-14-9(13)15-11(16-10)18(3)8-12(19)4-6-20-7-5-12/h19H,4-8H2,1-3H3. The minimum absolute atomic E-state index is 0.143. The topological polar surface area (TPSA) is 74.6 Å². The maximum atomic E-state index is 10.5. The van der Waals surface area contributed by atoms with Crippen molar-refractivity contribution in [2.45, 2.75) is 18.4 Å². The third-order valence-corrected chi connectivity index (χ3v) is 3.45. The van der Waals surface area contributed by atoms with Crippen LogP contribution in [0.2, 0.25) is 5.28 Å². The number of rotatable bonds is 4. The van der Waals surface area contributed by atoms with Gasteiger partial charge in [0.2, 0.25) is 17.2 Å². The lowest BCUT2D eigenvalue weighted by Gasteiger charge is -2.35. The van der Waals surface area contributed by atoms with Crippen LogP contribution in [-0.4, -0.2) is 66.6 Å². The van der Waals surface area contributed by atoms with Crippen molar-refractivity contribution in [1.29, 1.82) is 0 Å². The van der Waals surface area contributed by atoms with Crippen LogP contribution in [0.1, 0.15) is 12.8 Å². The maximum Gasteiger partial charge on any atom is 0.231 e. The summed E-state index contributed by atoms with van der Waals surface area (Å²) in [5.41, 5.74) is -0.773. The summed E-state index contributed by atoms with van der Waals surface area (Å²) < 4.78 is 5.27. The Labute approximate surface area is 123 Å². The number of aliphatic hydroxyl groups is 1. The molecule has 1 aliphatic rings. The Morgan fingerprint density at radius 1 is 1.15 bits per heavy atom. The van der Waals surface area contributed by atoms with Gasteiger partial charge < -0.3 is 19.6 Å². The van der Waals surface area contributed by atoms with E-state index in [-0.39, 0.29) is 5.28 Å². The van der Waals surface area contributed by atoms with Gasteiger partial charge in [0, 0.05) is 53.7 Å². The van der Waals surface area contributed by atoms with Crippen molar-refractivity contribution in [3.8, 4) is 0 Å². The molecule has 2 heterocycles. The second-order valence-electron chi connectivity index (χ2n) is 5.29. The van der Waals surface area contributed by atoms with Crippen LogP contribution in [-0.2, 0) is 4.74 Å². The Kier molecular flexibility index (Phi) is 4.62. The third kappa shape index (κ3) is 3.68. The molecule has 2 rings (SSSR count). The lowest BCUT2D eigenvalue weighted by molar-refractivity contribution is -0.0574. The molecule has 20 heavy (non-hydrogen) atoms. The van der Waals surface area contributed by atoms with Gasteiger partial charge in [-0.15, -0.1) is 0 Å². The van der Waals surface area contributed by atoms with Gasteiger partial charge in [-0.1, -0.05) is 0 Å². The minimum Gasteiger partial charge on any atom is -0.388 e. The van der Waals surface area contributed by atoms with Crippen LogP contribution in [0.25, 0.3) is 0 Å². The smallest absolute Gasteiger partial charge is 0.231 e. The SMILES string of the molecule is CN(C)c1nc(Cl)nc(N(C)CC2(O)CCOCC2)n1. The molecule has 8 heteroatoms. The van der Waals surface area contributed by atoms with Crippen LogP contribution in [0.4, 0.5) is 11.9 Å². The minimum atomic E-state index is -0.773. The van der Waals surface area contributed by atoms with E-state index in [1.807, 2.05) is 21.1 Å². The van der Waals surface area contributed by atoms with E-state index in [1.165, 1.54) is 0 Å². The highest BCUT2D eigenvalue weighted by Crippen LogP contribution is 2.23. The fraction of sp³-hybridized carbons (Fsp3) is 0.750. The molecule has 7 nitrogen and oxygen atoms in total. The summed E-state index contributed by atoms with van der Waals surface area (Å²) in [5.74, 6) is 0.944. The number of nitrogens with zero attached hydrogens (tertiary/aromatic N) is 5. The van der Waals surface area contributed by atoms with E-state index in [0.29, 0.717) is 44.5 Å². The molecule has 1 aromatic rings. The van der Waals surface area contributed by atoms with Crippen molar-refractivity contribution in [1.82, 2.24) is 15.0 Å². The molecule has 1 aromatic heterocycles. The molecule has 0 saturated carbocycles. The summed E-state index contributed by atoms with van der Waals surface area (Å²) in [7, 11) is 5.50. The summed E-state index contributed by atoms with van der Waals surface area (Å²) in [4.78, 5) is 16.0. The van der Waals surface area contributed by atoms with Crippen molar-refractivity contribution in [2.75, 3.05) is 50.7 Å². The van der Waals surface area contributed by atoms with Gasteiger partial charge in [-0.3, -0.25) is 0 Å². The van der Waals surface area contributed by atoms with Gasteiger partial charge in [0.05, 0.1) is 5.60 Å². The first-order chi connectivity index (χ1) is 9.39. The number of hydrogen-bond acceptors (Lipinski definition) is 7. The molecule has 0 spiro atoms. The van der Waals surface area contributed by atoms with Crippen LogP contribution in [0.15, 0.2) is 0 Å². The first-order valence-electron chi connectivity index (χ1n) is 6.50. The molecule has 0 radical (unpaired) electrons. The van der Waals surface area contributed by atoms with Gasteiger partial charge in [-0.2, -0.15) is 15.0 Å². The van der Waals surface area contributed by atoms with Gasteiger partial charge in [0.15, 0.2) is 0 Å². The van der Waals surface area contributed by atoms with E-state index in [2.05, 4.69) is 15.0 Å². The molecule has 0 aromatic carbocycles. The molecular weight excluding hydrogens is 282 g/mol. The molecular formula is C12H20ClN5O2. The summed E-state index contributed by atoms with van der Waals surface area (Å²) >= 11 is 5.92. The highest BCUT2D eigenvalue weighted by Gasteiger charge is 2.32. The number of likely N-dealkylation sites (N-methyl/N-ethyl adjacent to an activating group) is 1. The molecule has 0 aliphatic carbocycles. The van der Waals surface area contributed by atoms with Gasteiger partial charge in [0.25, 0.3) is 0 Å². The maximum absolute atomic E-state index is 10.5. The second-order valence-corrected chi connectivity index (χ2v) is 5.63. The first-order valence-corrected chi connectivity index (χ1v) is 6.88. The monoisotopic (exact) mass is 301 g/mol. The molecule has 0 amide bonds. The van der Waals surface area contributed by atoms with E-state index in [4.69, 9.17) is 16.3 Å². The average molecular weight is 302 g/mol. The van der Waals surface area contributed by atoms with Crippen LogP contribution in [0.5, 0.6) is 0 Å². The number of halogens is 1. The predicted octanol–water partition coefficient (Wildman–Crippen LogP) is 0.569. The molecule has 112 valence electrons. The van der Waals surface area contributed by atoms with Crippen LogP contribution < -0.4 is 9.80 Å². The highest BCUT2D eigenvalue weighted by atomic mass is 35.5. The van der Waals surface area contributed by atoms with Crippen molar-refractivity contribution in [3.63, 3.8) is 0 Å². The van der Waals surface area contributed by atoms with Crippen LogP contribution in [0.3, 0.4) is 0 Å². The van der Waals surface area contributed by atoms with E-state index < -0.39 is 5.60 Å². The molecule has 0 bridgehead atoms. The van der Waals surface area contributed by atoms with E-state index in [9.17, 15) is 5.11 Å². The summed E-state index contributed by atoms with van der Waals surface area (Å²) in [6.45, 7) is 1.58. The normalized spacial score (nSPS) is 17.9.